The second-order valence-corrected chi connectivity index (χ2v) is 6.17. The zero-order valence-electron chi connectivity index (χ0n) is 19.1. The number of hydrogen-bond acceptors (Lipinski definition) is 1. The second-order valence-electron chi connectivity index (χ2n) is 6.17. The second kappa shape index (κ2) is 13.6. The topological polar surface area (TPSA) is 17.3 Å². The van der Waals surface area contributed by atoms with E-state index in [1.165, 1.54) is 39.1 Å². The van der Waals surface area contributed by atoms with Crippen molar-refractivity contribution >= 4 is 5.69 Å². The fourth-order valence-corrected chi connectivity index (χ4v) is 2.81. The van der Waals surface area contributed by atoms with Crippen molar-refractivity contribution in [2.75, 3.05) is 19.0 Å². The van der Waals surface area contributed by atoms with Crippen molar-refractivity contribution in [2.24, 2.45) is 0 Å². The molecule has 0 saturated heterocycles. The summed E-state index contributed by atoms with van der Waals surface area (Å²) in [6.45, 7) is 15.0. The number of aromatic nitrogens is 1. The van der Waals surface area contributed by atoms with Gasteiger partial charge in [-0.25, -0.2) is 0 Å². The number of anilines is 1. The molecule has 2 aliphatic rings. The molecule has 1 heterocycles. The monoisotopic (exact) mass is 410 g/mol. The van der Waals surface area contributed by atoms with Gasteiger partial charge in [0.25, 0.3) is 0 Å². The average Bonchev–Trinajstić information content (AvgIpc) is 3.14. The van der Waals surface area contributed by atoms with Crippen LogP contribution in [0.4, 0.5) is 5.69 Å². The van der Waals surface area contributed by atoms with Crippen LogP contribution in [0.1, 0.15) is 41.7 Å². The fourth-order valence-electron chi connectivity index (χ4n) is 2.81. The summed E-state index contributed by atoms with van der Waals surface area (Å²) in [5, 5.41) is 0. The van der Waals surface area contributed by atoms with Crippen molar-refractivity contribution in [1.29, 1.82) is 0 Å². The molecule has 0 spiro atoms. The van der Waals surface area contributed by atoms with Gasteiger partial charge in [0, 0.05) is 19.8 Å². The zero-order valence-corrected chi connectivity index (χ0v) is 20.2. The molecule has 3 rings (SSSR count). The minimum absolute atomic E-state index is 0. The van der Waals surface area contributed by atoms with E-state index in [9.17, 15) is 0 Å². The van der Waals surface area contributed by atoms with Crippen LogP contribution < -0.4 is 9.88 Å². The van der Waals surface area contributed by atoms with E-state index < -0.39 is 0 Å². The van der Waals surface area contributed by atoms with Crippen LogP contribution >= 0.6 is 0 Å². The van der Waals surface area contributed by atoms with Gasteiger partial charge in [0.05, 0.1) is 0 Å². The summed E-state index contributed by atoms with van der Waals surface area (Å²) in [6, 6.07) is 8.19. The average molecular weight is 410 g/mol. The van der Waals surface area contributed by atoms with Crippen LogP contribution in [0.2, 0.25) is 0 Å². The van der Waals surface area contributed by atoms with Crippen molar-refractivity contribution in [1.82, 2.24) is 4.98 Å². The van der Waals surface area contributed by atoms with E-state index in [0.29, 0.717) is 0 Å². The van der Waals surface area contributed by atoms with E-state index in [0.717, 1.165) is 5.69 Å². The van der Waals surface area contributed by atoms with Gasteiger partial charge in [-0.05, 0) is 5.56 Å². The predicted octanol–water partition coefficient (Wildman–Crippen LogP) is 6.69. The van der Waals surface area contributed by atoms with Crippen molar-refractivity contribution in [3.8, 4) is 11.3 Å². The summed E-state index contributed by atoms with van der Waals surface area (Å²) in [5.74, 6) is 0. The smallest absolute Gasteiger partial charge is 0.663 e. The Morgan fingerprint density at radius 3 is 1.70 bits per heavy atom. The van der Waals surface area contributed by atoms with Crippen molar-refractivity contribution in [2.45, 2.75) is 48.5 Å². The third-order valence-corrected chi connectivity index (χ3v) is 4.81. The minimum atomic E-state index is 0. The third kappa shape index (κ3) is 6.83. The summed E-state index contributed by atoms with van der Waals surface area (Å²) < 4.78 is 0. The van der Waals surface area contributed by atoms with E-state index in [1.807, 2.05) is 52.3 Å². The van der Waals surface area contributed by atoms with Crippen LogP contribution in [0.15, 0.2) is 30.5 Å². The quantitative estimate of drug-likeness (QED) is 0.329. The van der Waals surface area contributed by atoms with Crippen LogP contribution in [0.5, 0.6) is 0 Å². The molecule has 0 radical (unpaired) electrons. The molecule has 0 bridgehead atoms. The van der Waals surface area contributed by atoms with Gasteiger partial charge in [0.2, 0.25) is 0 Å². The molecule has 3 heteroatoms. The molecule has 0 saturated carbocycles. The van der Waals surface area contributed by atoms with E-state index >= 15 is 0 Å². The summed E-state index contributed by atoms with van der Waals surface area (Å²) in [5.41, 5.74) is 10.9. The molecule has 1 aliphatic heterocycles. The van der Waals surface area contributed by atoms with Crippen LogP contribution in [0.3, 0.4) is 0 Å². The molecule has 1 aliphatic carbocycles. The molecule has 0 N–H and O–H groups in total. The molecular weight excluding hydrogens is 372 g/mol. The van der Waals surface area contributed by atoms with E-state index in [-0.39, 0.29) is 31.9 Å². The molecule has 0 unspecified atom stereocenters. The van der Waals surface area contributed by atoms with Gasteiger partial charge in [-0.3, -0.25) is 0 Å². The number of hydrogen-bond donors (Lipinski definition) is 0. The molecule has 2 nitrogen and oxygen atoms in total. The van der Waals surface area contributed by atoms with Gasteiger partial charge < -0.3 is 24.7 Å². The molecule has 0 aromatic heterocycles. The number of rotatable bonds is 1. The maximum Gasteiger partial charge on any atom is 2.00 e. The Labute approximate surface area is 179 Å². The van der Waals surface area contributed by atoms with E-state index in [1.54, 1.807) is 0 Å². The summed E-state index contributed by atoms with van der Waals surface area (Å²) in [6.07, 6.45) is 1.84. The summed E-state index contributed by atoms with van der Waals surface area (Å²) in [4.78, 5) is 6.36. The Balaban J connectivity index is -0.000000359. The predicted molar refractivity (Wildman–Crippen MR) is 121 cm³/mol. The van der Waals surface area contributed by atoms with Crippen LogP contribution in [-0.2, 0) is 17.1 Å². The Hall–Kier alpha value is -1.57. The van der Waals surface area contributed by atoms with Crippen molar-refractivity contribution in [3.63, 3.8) is 0 Å². The Bertz CT molecular complexity index is 655. The maximum absolute atomic E-state index is 4.26. The Morgan fingerprint density at radius 1 is 0.852 bits per heavy atom. The minimum Gasteiger partial charge on any atom is -0.663 e. The number of pyridine rings is 1. The zero-order chi connectivity index (χ0) is 18.4. The van der Waals surface area contributed by atoms with Gasteiger partial charge in [-0.2, -0.15) is 34.0 Å². The largest absolute Gasteiger partial charge is 2.00 e. The van der Waals surface area contributed by atoms with Crippen LogP contribution in [0.25, 0.3) is 11.3 Å². The summed E-state index contributed by atoms with van der Waals surface area (Å²) in [7, 11) is 4.09. The first-order valence-corrected chi connectivity index (χ1v) is 8.72. The van der Waals surface area contributed by atoms with Gasteiger partial charge >= 0.3 is 17.1 Å². The first-order valence-electron chi connectivity index (χ1n) is 8.72. The van der Waals surface area contributed by atoms with Gasteiger partial charge in [0.1, 0.15) is 0 Å². The summed E-state index contributed by atoms with van der Waals surface area (Å²) >= 11 is 0. The molecule has 27 heavy (non-hydrogen) atoms. The molecule has 0 atom stereocenters. The molecule has 154 valence electrons. The molecule has 0 amide bonds. The third-order valence-electron chi connectivity index (χ3n) is 4.81. The standard InChI is InChI=1S/C10H11N2.C10H15.C2H6.2CH3.Fe/c1-12(2)10-6-7-11-9-5-3-4-8(9)10;1-6-7(2)9(4)10(5)8(6)3;1-2;;;/h3-7H,1-2H3;1-5H3;1-2H3;2*1H3;/q2*-1;;2*-1;+2. The molecule has 1 aromatic carbocycles. The van der Waals surface area contributed by atoms with Gasteiger partial charge in [-0.1, -0.05) is 72.7 Å². The van der Waals surface area contributed by atoms with Crippen molar-refractivity contribution < 1.29 is 17.1 Å². The Kier molecular flexibility index (Phi) is 15.2. The van der Waals surface area contributed by atoms with Gasteiger partial charge in [0.15, 0.2) is 0 Å². The van der Waals surface area contributed by atoms with E-state index in [2.05, 4.69) is 50.6 Å². The molecular formula is C24H38FeN2-2. The van der Waals surface area contributed by atoms with Crippen LogP contribution in [-0.4, -0.2) is 14.1 Å². The first kappa shape index (κ1) is 30.2. The molecule has 1 aromatic rings. The Morgan fingerprint density at radius 2 is 1.33 bits per heavy atom. The van der Waals surface area contributed by atoms with E-state index in [4.69, 9.17) is 0 Å². The SMILES string of the molecule is CC.CN(C)c1cc[n-]c2cccc1-2.Cc1c(C)c(C)[c-](C)c1C.[CH3-].[CH3-].[Fe+2]. The maximum atomic E-state index is 4.26. The molecule has 0 fully saturated rings. The van der Waals surface area contributed by atoms with Crippen molar-refractivity contribution in [3.05, 3.63) is 73.1 Å². The first-order chi connectivity index (χ1) is 11.3. The van der Waals surface area contributed by atoms with Crippen LogP contribution in [0, 0.1) is 49.5 Å². The normalized spacial score (nSPS) is 8.78. The fraction of sp³-hybridized carbons (Fsp3) is 0.375. The number of fused-ring (bicyclic) bond motifs is 1. The van der Waals surface area contributed by atoms with Gasteiger partial charge in [-0.15, -0.1) is 5.69 Å². The number of nitrogens with zero attached hydrogens (tertiary/aromatic N) is 2.